The maximum atomic E-state index is 12.6. The molecule has 0 saturated heterocycles. The number of rotatable bonds is 5. The number of halogens is 1. The van der Waals surface area contributed by atoms with Crippen LogP contribution in [0.5, 0.6) is 0 Å². The summed E-state index contributed by atoms with van der Waals surface area (Å²) in [5.41, 5.74) is 0. The third-order valence-electron chi connectivity index (χ3n) is 2.45. The highest BCUT2D eigenvalue weighted by Crippen LogP contribution is 2.09. The van der Waals surface area contributed by atoms with E-state index >= 15 is 0 Å². The molecule has 11 heavy (non-hydrogen) atoms. The van der Waals surface area contributed by atoms with E-state index in [0.29, 0.717) is 12.1 Å². The van der Waals surface area contributed by atoms with Gasteiger partial charge in [-0.2, -0.15) is 0 Å². The molecule has 0 aromatic rings. The molecular weight excluding hydrogens is 157 g/mol. The predicted octanol–water partition coefficient (Wildman–Crippen LogP) is 1.85. The Hall–Kier alpha value is 0.107. The van der Waals surface area contributed by atoms with Gasteiger partial charge in [-0.05, 0) is 12.8 Å². The number of hydrogen-bond acceptors (Lipinski definition) is 1. The van der Waals surface area contributed by atoms with Gasteiger partial charge in [0.25, 0.3) is 10.0 Å². The van der Waals surface area contributed by atoms with Crippen LogP contribution in [-0.4, -0.2) is 26.7 Å². The molecular formula is C8H20FNSi. The van der Waals surface area contributed by atoms with E-state index in [4.69, 9.17) is 0 Å². The van der Waals surface area contributed by atoms with E-state index in [-0.39, 0.29) is 0 Å². The van der Waals surface area contributed by atoms with Crippen molar-refractivity contribution in [3.63, 3.8) is 0 Å². The van der Waals surface area contributed by atoms with Gasteiger partial charge in [0, 0.05) is 12.1 Å². The largest absolute Gasteiger partial charge is 0.302 e. The van der Waals surface area contributed by atoms with Gasteiger partial charge in [0.15, 0.2) is 0 Å². The summed E-state index contributed by atoms with van der Waals surface area (Å²) in [6, 6.07) is 0.864. The smallest absolute Gasteiger partial charge is 0.292 e. The first-order valence-electron chi connectivity index (χ1n) is 4.49. The standard InChI is InChI=1S/C8H20FNSi/c1-5-7(3)10(11-9)8(4)6-2/h7-8H,5-6,11H2,1-4H3. The summed E-state index contributed by atoms with van der Waals surface area (Å²) in [6.07, 6.45) is 2.11. The lowest BCUT2D eigenvalue weighted by atomic mass is 10.2. The van der Waals surface area contributed by atoms with Gasteiger partial charge in [-0.25, -0.2) is 0 Å². The number of hydrogen-bond donors (Lipinski definition) is 0. The topological polar surface area (TPSA) is 3.24 Å². The maximum Gasteiger partial charge on any atom is 0.292 e. The minimum atomic E-state index is -1.46. The Balaban J connectivity index is 3.92. The van der Waals surface area contributed by atoms with Crippen LogP contribution >= 0.6 is 0 Å². The molecule has 0 spiro atoms. The van der Waals surface area contributed by atoms with Gasteiger partial charge in [-0.3, -0.25) is 4.57 Å². The third kappa shape index (κ3) is 3.34. The van der Waals surface area contributed by atoms with Crippen LogP contribution in [0.2, 0.25) is 0 Å². The summed E-state index contributed by atoms with van der Waals surface area (Å²) >= 11 is 0. The SMILES string of the molecule is CCC(C)N([SiH2]F)C(C)CC. The van der Waals surface area contributed by atoms with Crippen LogP contribution in [0.4, 0.5) is 4.11 Å². The van der Waals surface area contributed by atoms with Crippen molar-refractivity contribution in [3.8, 4) is 0 Å². The highest BCUT2D eigenvalue weighted by atomic mass is 28.3. The van der Waals surface area contributed by atoms with Crippen molar-refractivity contribution in [2.24, 2.45) is 0 Å². The van der Waals surface area contributed by atoms with Crippen molar-refractivity contribution in [2.45, 2.75) is 52.6 Å². The molecule has 0 aliphatic heterocycles. The molecule has 2 unspecified atom stereocenters. The lowest BCUT2D eigenvalue weighted by molar-refractivity contribution is 0.256. The van der Waals surface area contributed by atoms with Crippen molar-refractivity contribution >= 4 is 10.0 Å². The fourth-order valence-electron chi connectivity index (χ4n) is 1.14. The van der Waals surface area contributed by atoms with Gasteiger partial charge in [0.1, 0.15) is 0 Å². The van der Waals surface area contributed by atoms with Crippen molar-refractivity contribution in [3.05, 3.63) is 0 Å². The molecule has 0 aliphatic carbocycles. The second-order valence-corrected chi connectivity index (χ2v) is 4.12. The van der Waals surface area contributed by atoms with Gasteiger partial charge >= 0.3 is 0 Å². The van der Waals surface area contributed by atoms with E-state index in [1.54, 1.807) is 0 Å². The Morgan fingerprint density at radius 3 is 1.73 bits per heavy atom. The summed E-state index contributed by atoms with van der Waals surface area (Å²) < 4.78 is 14.6. The summed E-state index contributed by atoms with van der Waals surface area (Å²) in [4.78, 5) is 0. The Labute approximate surface area is 72.0 Å². The van der Waals surface area contributed by atoms with E-state index in [1.807, 2.05) is 4.57 Å². The van der Waals surface area contributed by atoms with Crippen LogP contribution in [0.25, 0.3) is 0 Å². The molecule has 0 aromatic carbocycles. The lowest BCUT2D eigenvalue weighted by Gasteiger charge is -2.30. The molecule has 0 rings (SSSR count). The molecule has 68 valence electrons. The molecule has 0 bridgehead atoms. The first kappa shape index (κ1) is 11.1. The quantitative estimate of drug-likeness (QED) is 0.457. The average molecular weight is 177 g/mol. The van der Waals surface area contributed by atoms with Gasteiger partial charge in [0.2, 0.25) is 0 Å². The van der Waals surface area contributed by atoms with Gasteiger partial charge in [0.05, 0.1) is 0 Å². The van der Waals surface area contributed by atoms with Crippen LogP contribution in [0.1, 0.15) is 40.5 Å². The summed E-state index contributed by atoms with van der Waals surface area (Å²) in [7, 11) is -1.46. The summed E-state index contributed by atoms with van der Waals surface area (Å²) in [6.45, 7) is 8.45. The molecule has 0 heterocycles. The average Bonchev–Trinajstić information content (AvgIpc) is 2.05. The maximum absolute atomic E-state index is 12.6. The van der Waals surface area contributed by atoms with Crippen LogP contribution in [0.15, 0.2) is 0 Å². The van der Waals surface area contributed by atoms with Crippen molar-refractivity contribution in [2.75, 3.05) is 0 Å². The minimum absolute atomic E-state index is 0.432. The van der Waals surface area contributed by atoms with Crippen LogP contribution in [0.3, 0.4) is 0 Å². The zero-order valence-electron chi connectivity index (χ0n) is 8.10. The minimum Gasteiger partial charge on any atom is -0.302 e. The van der Waals surface area contributed by atoms with Crippen molar-refractivity contribution in [1.82, 2.24) is 4.57 Å². The molecule has 2 atom stereocenters. The fraction of sp³-hybridized carbons (Fsp3) is 1.00. The van der Waals surface area contributed by atoms with E-state index in [9.17, 15) is 4.11 Å². The first-order chi connectivity index (χ1) is 5.17. The third-order valence-corrected chi connectivity index (χ3v) is 3.97. The highest BCUT2D eigenvalue weighted by molar-refractivity contribution is 6.22. The molecule has 0 aromatic heterocycles. The van der Waals surface area contributed by atoms with Crippen LogP contribution in [-0.2, 0) is 0 Å². The number of nitrogens with zero attached hydrogens (tertiary/aromatic N) is 1. The molecule has 0 saturated carbocycles. The predicted molar refractivity (Wildman–Crippen MR) is 51.0 cm³/mol. The highest BCUT2D eigenvalue weighted by Gasteiger charge is 2.16. The monoisotopic (exact) mass is 177 g/mol. The zero-order valence-corrected chi connectivity index (χ0v) is 9.52. The molecule has 1 nitrogen and oxygen atoms in total. The lowest BCUT2D eigenvalue weighted by Crippen LogP contribution is -2.40. The van der Waals surface area contributed by atoms with Crippen LogP contribution in [0, 0.1) is 0 Å². The van der Waals surface area contributed by atoms with E-state index in [1.165, 1.54) is 0 Å². The Kier molecular flexibility index (Phi) is 5.77. The molecule has 0 aliphatic rings. The normalized spacial score (nSPS) is 18.0. The Morgan fingerprint density at radius 1 is 1.18 bits per heavy atom. The van der Waals surface area contributed by atoms with Gasteiger partial charge in [-0.1, -0.05) is 27.7 Å². The second-order valence-electron chi connectivity index (χ2n) is 3.15. The fourth-order valence-corrected chi connectivity index (χ4v) is 2.13. The van der Waals surface area contributed by atoms with Crippen molar-refractivity contribution in [1.29, 1.82) is 0 Å². The molecule has 0 radical (unpaired) electrons. The molecule has 0 amide bonds. The van der Waals surface area contributed by atoms with Crippen LogP contribution < -0.4 is 0 Å². The van der Waals surface area contributed by atoms with Gasteiger partial charge < -0.3 is 4.11 Å². The Morgan fingerprint density at radius 2 is 1.55 bits per heavy atom. The summed E-state index contributed by atoms with van der Waals surface area (Å²) in [5, 5.41) is 0. The van der Waals surface area contributed by atoms with E-state index in [2.05, 4.69) is 27.7 Å². The molecule has 0 N–H and O–H groups in total. The van der Waals surface area contributed by atoms with Crippen molar-refractivity contribution < 1.29 is 4.11 Å². The first-order valence-corrected chi connectivity index (χ1v) is 5.65. The van der Waals surface area contributed by atoms with E-state index in [0.717, 1.165) is 12.8 Å². The van der Waals surface area contributed by atoms with E-state index < -0.39 is 10.0 Å². The van der Waals surface area contributed by atoms with Gasteiger partial charge in [-0.15, -0.1) is 0 Å². The Bertz CT molecular complexity index is 90.1. The zero-order chi connectivity index (χ0) is 8.85. The molecule has 0 fully saturated rings. The second kappa shape index (κ2) is 5.72. The summed E-state index contributed by atoms with van der Waals surface area (Å²) in [5.74, 6) is 0. The molecule has 3 heteroatoms.